The Hall–Kier alpha value is -3.56. The second-order valence-corrected chi connectivity index (χ2v) is 9.27. The number of nitrogens with zero attached hydrogens (tertiary/aromatic N) is 6. The average molecular weight is 473 g/mol. The molecule has 2 unspecified atom stereocenters. The van der Waals surface area contributed by atoms with Gasteiger partial charge < -0.3 is 20.4 Å². The Morgan fingerprint density at radius 3 is 2.74 bits per heavy atom. The summed E-state index contributed by atoms with van der Waals surface area (Å²) in [4.78, 5) is 33.2. The highest BCUT2D eigenvalue weighted by molar-refractivity contribution is 5.82. The summed E-state index contributed by atoms with van der Waals surface area (Å²) in [5.74, 6) is 1.59. The van der Waals surface area contributed by atoms with Gasteiger partial charge in [0.2, 0.25) is 11.9 Å². The number of pyridine rings is 1. The van der Waals surface area contributed by atoms with E-state index in [-0.39, 0.29) is 11.9 Å². The molecule has 0 radical (unpaired) electrons. The van der Waals surface area contributed by atoms with Gasteiger partial charge in [-0.05, 0) is 42.3 Å². The summed E-state index contributed by atoms with van der Waals surface area (Å²) in [6, 6.07) is 14.0. The number of carbonyl (C=O) groups is 1. The van der Waals surface area contributed by atoms with E-state index in [1.807, 2.05) is 55.5 Å². The van der Waals surface area contributed by atoms with Crippen LogP contribution in [0, 0.1) is 0 Å². The number of carbonyl (C=O) groups excluding carboxylic acids is 1. The number of hydrogen-bond acceptors (Lipinski definition) is 8. The molecule has 9 heteroatoms. The van der Waals surface area contributed by atoms with Crippen molar-refractivity contribution in [3.8, 4) is 11.3 Å². The van der Waals surface area contributed by atoms with Crippen molar-refractivity contribution in [1.29, 1.82) is 0 Å². The van der Waals surface area contributed by atoms with Gasteiger partial charge in [0.15, 0.2) is 0 Å². The lowest BCUT2D eigenvalue weighted by Gasteiger charge is -2.35. The van der Waals surface area contributed by atoms with Crippen LogP contribution in [-0.4, -0.2) is 83.5 Å². The zero-order chi connectivity index (χ0) is 24.2. The van der Waals surface area contributed by atoms with Crippen LogP contribution in [0.1, 0.15) is 12.0 Å². The summed E-state index contributed by atoms with van der Waals surface area (Å²) >= 11 is 0. The van der Waals surface area contributed by atoms with Gasteiger partial charge in [-0.2, -0.15) is 0 Å². The summed E-state index contributed by atoms with van der Waals surface area (Å²) < 4.78 is 0. The molecule has 0 saturated carbocycles. The second-order valence-electron chi connectivity index (χ2n) is 9.27. The van der Waals surface area contributed by atoms with Gasteiger partial charge in [-0.1, -0.05) is 12.1 Å². The van der Waals surface area contributed by atoms with Crippen molar-refractivity contribution < 1.29 is 4.79 Å². The zero-order valence-corrected chi connectivity index (χ0v) is 20.3. The molecule has 0 aliphatic carbocycles. The first-order valence-corrected chi connectivity index (χ1v) is 12.1. The van der Waals surface area contributed by atoms with Crippen LogP contribution in [0.3, 0.4) is 0 Å². The maximum absolute atomic E-state index is 13.1. The molecule has 2 aromatic heterocycles. The maximum atomic E-state index is 13.1. The van der Waals surface area contributed by atoms with Crippen molar-refractivity contribution in [1.82, 2.24) is 30.1 Å². The first-order chi connectivity index (χ1) is 17.0. The summed E-state index contributed by atoms with van der Waals surface area (Å²) in [6.45, 7) is 4.71. The molecule has 8 bridgehead atoms. The third-order valence-corrected chi connectivity index (χ3v) is 6.60. The first kappa shape index (κ1) is 23.2. The quantitative estimate of drug-likeness (QED) is 0.516. The zero-order valence-electron chi connectivity index (χ0n) is 20.3. The number of piperazine rings is 1. The van der Waals surface area contributed by atoms with Crippen molar-refractivity contribution in [3.63, 3.8) is 0 Å². The minimum absolute atomic E-state index is 0.151. The van der Waals surface area contributed by atoms with E-state index >= 15 is 0 Å². The summed E-state index contributed by atoms with van der Waals surface area (Å²) in [5.41, 5.74) is 3.87. The van der Waals surface area contributed by atoms with Crippen LogP contribution in [0.4, 0.5) is 17.5 Å². The molecule has 3 aliphatic rings. The Balaban J connectivity index is 1.44. The van der Waals surface area contributed by atoms with E-state index in [9.17, 15) is 4.79 Å². The highest BCUT2D eigenvalue weighted by atomic mass is 16.2. The van der Waals surface area contributed by atoms with Crippen LogP contribution in [0.5, 0.6) is 0 Å². The van der Waals surface area contributed by atoms with Crippen LogP contribution >= 0.6 is 0 Å². The summed E-state index contributed by atoms with van der Waals surface area (Å²) in [5, 5.41) is 6.75. The third-order valence-electron chi connectivity index (χ3n) is 6.60. The van der Waals surface area contributed by atoms with Crippen molar-refractivity contribution >= 4 is 23.4 Å². The number of aromatic nitrogens is 3. The molecule has 1 fully saturated rings. The van der Waals surface area contributed by atoms with Gasteiger partial charge in [0.05, 0.1) is 11.7 Å². The lowest BCUT2D eigenvalue weighted by molar-refractivity contribution is -0.133. The molecule has 35 heavy (non-hydrogen) atoms. The highest BCUT2D eigenvalue weighted by Gasteiger charge is 2.27. The van der Waals surface area contributed by atoms with Crippen molar-refractivity contribution in [3.05, 3.63) is 60.4 Å². The van der Waals surface area contributed by atoms with Crippen LogP contribution in [0.25, 0.3) is 11.3 Å². The van der Waals surface area contributed by atoms with Crippen molar-refractivity contribution in [2.45, 2.75) is 19.0 Å². The Morgan fingerprint density at radius 2 is 1.89 bits per heavy atom. The molecule has 9 nitrogen and oxygen atoms in total. The number of amides is 1. The Bertz CT molecular complexity index is 1170. The molecule has 1 saturated heterocycles. The van der Waals surface area contributed by atoms with Crippen LogP contribution in [-0.2, 0) is 11.3 Å². The summed E-state index contributed by atoms with van der Waals surface area (Å²) in [7, 11) is 3.93. The molecule has 1 aromatic carbocycles. The number of anilines is 3. The Morgan fingerprint density at radius 1 is 1.00 bits per heavy atom. The molecular weight excluding hydrogens is 440 g/mol. The molecule has 3 aromatic rings. The van der Waals surface area contributed by atoms with Gasteiger partial charge in [0, 0.05) is 77.0 Å². The van der Waals surface area contributed by atoms with E-state index in [4.69, 9.17) is 4.98 Å². The normalized spacial score (nSPS) is 21.3. The van der Waals surface area contributed by atoms with Crippen LogP contribution in [0.2, 0.25) is 0 Å². The van der Waals surface area contributed by atoms with E-state index in [0.717, 1.165) is 55.4 Å². The minimum atomic E-state index is -0.188. The average Bonchev–Trinajstić information content (AvgIpc) is 2.88. The van der Waals surface area contributed by atoms with E-state index in [1.54, 1.807) is 6.20 Å². The number of fused-ring (bicyclic) bond motifs is 7. The topological polar surface area (TPSA) is 89.5 Å². The molecule has 2 N–H and O–H groups in total. The molecule has 6 rings (SSSR count). The van der Waals surface area contributed by atoms with Gasteiger partial charge in [0.25, 0.3) is 0 Å². The minimum Gasteiger partial charge on any atom is -0.360 e. The molecule has 5 heterocycles. The van der Waals surface area contributed by atoms with Crippen LogP contribution < -0.4 is 15.5 Å². The van der Waals surface area contributed by atoms with E-state index in [0.29, 0.717) is 19.0 Å². The molecular formula is C26H32N8O. The van der Waals surface area contributed by atoms with Gasteiger partial charge in [-0.15, -0.1) is 0 Å². The fraction of sp³-hybridized carbons (Fsp3) is 0.385. The van der Waals surface area contributed by atoms with Gasteiger partial charge in [0.1, 0.15) is 5.82 Å². The highest BCUT2D eigenvalue weighted by Crippen LogP contribution is 2.22. The smallest absolute Gasteiger partial charge is 0.240 e. The van der Waals surface area contributed by atoms with Gasteiger partial charge in [-0.25, -0.2) is 15.0 Å². The SMILES string of the molecule is CN1CCCN(C)c2ccc(cn2)-c2ccnc(n2)Nc2cccc(c2)CN2CCNC(C2)C1=O. The largest absolute Gasteiger partial charge is 0.360 e. The molecule has 2 atom stereocenters. The van der Waals surface area contributed by atoms with Crippen molar-refractivity contribution in [2.75, 3.05) is 57.0 Å². The van der Waals surface area contributed by atoms with Gasteiger partial charge in [-0.3, -0.25) is 9.69 Å². The van der Waals surface area contributed by atoms with E-state index in [1.165, 1.54) is 5.56 Å². The molecule has 3 aliphatic heterocycles. The molecule has 0 spiro atoms. The number of rotatable bonds is 0. The van der Waals surface area contributed by atoms with E-state index < -0.39 is 0 Å². The van der Waals surface area contributed by atoms with Crippen LogP contribution in [0.15, 0.2) is 54.9 Å². The van der Waals surface area contributed by atoms with E-state index in [2.05, 4.69) is 42.5 Å². The Labute approximate surface area is 206 Å². The first-order valence-electron chi connectivity index (χ1n) is 12.1. The fourth-order valence-electron chi connectivity index (χ4n) is 4.63. The fourth-order valence-corrected chi connectivity index (χ4v) is 4.63. The predicted octanol–water partition coefficient (Wildman–Crippen LogP) is 2.35. The number of benzene rings is 1. The molecule has 1 amide bonds. The number of nitrogens with one attached hydrogen (secondary N) is 2. The number of hydrogen-bond donors (Lipinski definition) is 2. The monoisotopic (exact) mass is 472 g/mol. The Kier molecular flexibility index (Phi) is 6.87. The van der Waals surface area contributed by atoms with Gasteiger partial charge >= 0.3 is 0 Å². The number of likely N-dealkylation sites (N-methyl/N-ethyl adjacent to an activating group) is 1. The lowest BCUT2D eigenvalue weighted by Crippen LogP contribution is -2.57. The standard InChI is InChI=1S/C26H32N8O/c1-32-12-4-13-33(2)25(35)23-18-34(14-11-27-23)17-19-5-3-6-21(15-19)30-26-28-10-9-22(31-26)20-7-8-24(32)29-16-20/h3,5-10,15-16,23,27H,4,11-14,17-18H2,1-2H3,(H,28,30,31). The predicted molar refractivity (Wildman–Crippen MR) is 138 cm³/mol. The third kappa shape index (κ3) is 5.58. The molecule has 182 valence electrons. The summed E-state index contributed by atoms with van der Waals surface area (Å²) in [6.07, 6.45) is 4.47. The second kappa shape index (κ2) is 10.4. The maximum Gasteiger partial charge on any atom is 0.240 e. The van der Waals surface area contributed by atoms with Crippen molar-refractivity contribution in [2.24, 2.45) is 0 Å². The lowest BCUT2D eigenvalue weighted by atomic mass is 10.1.